The first-order valence-corrected chi connectivity index (χ1v) is 7.76. The van der Waals surface area contributed by atoms with Gasteiger partial charge in [0.2, 0.25) is 5.91 Å². The number of amides is 1. The fourth-order valence-electron chi connectivity index (χ4n) is 2.40. The first kappa shape index (κ1) is 16.4. The quantitative estimate of drug-likeness (QED) is 0.734. The summed E-state index contributed by atoms with van der Waals surface area (Å²) in [6, 6.07) is 0.549. The zero-order valence-corrected chi connectivity index (χ0v) is 12.8. The fourth-order valence-corrected chi connectivity index (χ4v) is 2.40. The molecule has 0 spiro atoms. The Kier molecular flexibility index (Phi) is 8.07. The molecule has 2 unspecified atom stereocenters. The van der Waals surface area contributed by atoms with E-state index in [0.29, 0.717) is 25.7 Å². The molecule has 1 rings (SSSR count). The van der Waals surface area contributed by atoms with Crippen LogP contribution in [0.4, 0.5) is 0 Å². The predicted molar refractivity (Wildman–Crippen MR) is 78.2 cm³/mol. The van der Waals surface area contributed by atoms with Gasteiger partial charge >= 0.3 is 0 Å². The number of ether oxygens (including phenoxy) is 1. The highest BCUT2D eigenvalue weighted by Gasteiger charge is 2.17. The van der Waals surface area contributed by atoms with Gasteiger partial charge in [0.15, 0.2) is 0 Å². The molecule has 1 N–H and O–H groups in total. The lowest BCUT2D eigenvalue weighted by Gasteiger charge is -2.27. The van der Waals surface area contributed by atoms with Crippen molar-refractivity contribution >= 4 is 5.91 Å². The largest absolute Gasteiger partial charge is 0.378 e. The molecule has 0 aliphatic carbocycles. The summed E-state index contributed by atoms with van der Waals surface area (Å²) in [4.78, 5) is 13.9. The summed E-state index contributed by atoms with van der Waals surface area (Å²) in [5.74, 6) is 1.02. The van der Waals surface area contributed by atoms with Gasteiger partial charge in [0.05, 0.1) is 13.2 Å². The SMILES string of the molecule is CCC(C)CC(CC)NCCC(=O)N1CCOCC1. The third kappa shape index (κ3) is 6.39. The van der Waals surface area contributed by atoms with Crippen LogP contribution in [0.3, 0.4) is 0 Å². The monoisotopic (exact) mass is 270 g/mol. The van der Waals surface area contributed by atoms with Crippen LogP contribution in [0.25, 0.3) is 0 Å². The number of rotatable bonds is 8. The Morgan fingerprint density at radius 1 is 1.26 bits per heavy atom. The van der Waals surface area contributed by atoms with Gasteiger partial charge in [-0.15, -0.1) is 0 Å². The summed E-state index contributed by atoms with van der Waals surface area (Å²) >= 11 is 0. The number of nitrogens with zero attached hydrogens (tertiary/aromatic N) is 1. The van der Waals surface area contributed by atoms with E-state index in [9.17, 15) is 4.79 Å². The molecule has 4 heteroatoms. The van der Waals surface area contributed by atoms with Gasteiger partial charge in [-0.3, -0.25) is 4.79 Å². The molecule has 0 aromatic carbocycles. The van der Waals surface area contributed by atoms with Crippen LogP contribution in [0, 0.1) is 5.92 Å². The van der Waals surface area contributed by atoms with Crippen LogP contribution >= 0.6 is 0 Å². The Hall–Kier alpha value is -0.610. The summed E-state index contributed by atoms with van der Waals surface area (Å²) in [7, 11) is 0. The molecule has 0 aromatic heterocycles. The summed E-state index contributed by atoms with van der Waals surface area (Å²) in [6.45, 7) is 10.4. The van der Waals surface area contributed by atoms with Crippen LogP contribution in [-0.2, 0) is 9.53 Å². The van der Waals surface area contributed by atoms with Crippen molar-refractivity contribution < 1.29 is 9.53 Å². The van der Waals surface area contributed by atoms with Gasteiger partial charge in [-0.1, -0.05) is 27.2 Å². The summed E-state index contributed by atoms with van der Waals surface area (Å²) < 4.78 is 5.26. The third-order valence-electron chi connectivity index (χ3n) is 4.01. The summed E-state index contributed by atoms with van der Waals surface area (Å²) in [5, 5.41) is 3.53. The standard InChI is InChI=1S/C15H30N2O2/c1-4-13(3)12-14(5-2)16-7-6-15(18)17-8-10-19-11-9-17/h13-14,16H,4-12H2,1-3H3. The maximum Gasteiger partial charge on any atom is 0.224 e. The molecular formula is C15H30N2O2. The van der Waals surface area contributed by atoms with E-state index in [2.05, 4.69) is 26.1 Å². The molecule has 1 amide bonds. The minimum Gasteiger partial charge on any atom is -0.378 e. The molecule has 1 aliphatic heterocycles. The maximum absolute atomic E-state index is 12.0. The zero-order valence-electron chi connectivity index (χ0n) is 12.8. The van der Waals surface area contributed by atoms with Crippen molar-refractivity contribution in [3.05, 3.63) is 0 Å². The average molecular weight is 270 g/mol. The lowest BCUT2D eigenvalue weighted by molar-refractivity contribution is -0.135. The minimum atomic E-state index is 0.259. The van der Waals surface area contributed by atoms with E-state index in [-0.39, 0.29) is 5.91 Å². The van der Waals surface area contributed by atoms with Crippen LogP contribution in [0.2, 0.25) is 0 Å². The first-order valence-electron chi connectivity index (χ1n) is 7.76. The molecule has 0 radical (unpaired) electrons. The van der Waals surface area contributed by atoms with Gasteiger partial charge in [0.25, 0.3) is 0 Å². The van der Waals surface area contributed by atoms with Gasteiger partial charge in [0.1, 0.15) is 0 Å². The minimum absolute atomic E-state index is 0.259. The van der Waals surface area contributed by atoms with Crippen molar-refractivity contribution in [2.75, 3.05) is 32.8 Å². The fraction of sp³-hybridized carbons (Fsp3) is 0.933. The van der Waals surface area contributed by atoms with E-state index in [1.165, 1.54) is 12.8 Å². The highest BCUT2D eigenvalue weighted by Crippen LogP contribution is 2.12. The molecule has 19 heavy (non-hydrogen) atoms. The van der Waals surface area contributed by atoms with E-state index >= 15 is 0 Å². The van der Waals surface area contributed by atoms with Gasteiger partial charge < -0.3 is 15.0 Å². The van der Waals surface area contributed by atoms with E-state index in [0.717, 1.165) is 32.0 Å². The molecule has 1 saturated heterocycles. The third-order valence-corrected chi connectivity index (χ3v) is 4.01. The number of morpholine rings is 1. The number of hydrogen-bond acceptors (Lipinski definition) is 3. The van der Waals surface area contributed by atoms with E-state index in [1.807, 2.05) is 4.90 Å². The van der Waals surface area contributed by atoms with Crippen molar-refractivity contribution in [3.63, 3.8) is 0 Å². The van der Waals surface area contributed by atoms with Crippen molar-refractivity contribution in [2.24, 2.45) is 5.92 Å². The molecular weight excluding hydrogens is 240 g/mol. The van der Waals surface area contributed by atoms with Gasteiger partial charge in [-0.25, -0.2) is 0 Å². The maximum atomic E-state index is 12.0. The van der Waals surface area contributed by atoms with Crippen molar-refractivity contribution in [1.82, 2.24) is 10.2 Å². The molecule has 112 valence electrons. The number of carbonyl (C=O) groups is 1. The first-order chi connectivity index (χ1) is 9.17. The molecule has 0 saturated carbocycles. The van der Waals surface area contributed by atoms with Gasteiger partial charge in [-0.2, -0.15) is 0 Å². The number of nitrogens with one attached hydrogen (secondary N) is 1. The Morgan fingerprint density at radius 3 is 2.53 bits per heavy atom. The van der Waals surface area contributed by atoms with Crippen LogP contribution < -0.4 is 5.32 Å². The molecule has 1 aliphatic rings. The van der Waals surface area contributed by atoms with Crippen LogP contribution in [0.1, 0.15) is 46.5 Å². The Labute approximate surface area is 117 Å². The Balaban J connectivity index is 2.18. The van der Waals surface area contributed by atoms with Crippen LogP contribution in [0.5, 0.6) is 0 Å². The highest BCUT2D eigenvalue weighted by molar-refractivity contribution is 5.76. The van der Waals surface area contributed by atoms with Crippen LogP contribution in [-0.4, -0.2) is 49.7 Å². The Morgan fingerprint density at radius 2 is 1.95 bits per heavy atom. The second-order valence-electron chi connectivity index (χ2n) is 5.55. The zero-order chi connectivity index (χ0) is 14.1. The normalized spacial score (nSPS) is 19.2. The summed E-state index contributed by atoms with van der Waals surface area (Å²) in [5.41, 5.74) is 0. The number of hydrogen-bond donors (Lipinski definition) is 1. The van der Waals surface area contributed by atoms with Crippen molar-refractivity contribution in [2.45, 2.75) is 52.5 Å². The van der Waals surface area contributed by atoms with Crippen molar-refractivity contribution in [3.8, 4) is 0 Å². The Bertz CT molecular complexity index is 253. The molecule has 1 heterocycles. The second kappa shape index (κ2) is 9.32. The predicted octanol–water partition coefficient (Wildman–Crippen LogP) is 2.04. The number of carbonyl (C=O) groups excluding carboxylic acids is 1. The lowest BCUT2D eigenvalue weighted by Crippen LogP contribution is -2.42. The molecule has 2 atom stereocenters. The molecule has 0 aromatic rings. The smallest absolute Gasteiger partial charge is 0.224 e. The van der Waals surface area contributed by atoms with Gasteiger partial charge in [-0.05, 0) is 18.8 Å². The topological polar surface area (TPSA) is 41.6 Å². The lowest BCUT2D eigenvalue weighted by atomic mass is 9.98. The second-order valence-corrected chi connectivity index (χ2v) is 5.55. The highest BCUT2D eigenvalue weighted by atomic mass is 16.5. The van der Waals surface area contributed by atoms with Gasteiger partial charge in [0, 0.05) is 32.1 Å². The summed E-state index contributed by atoms with van der Waals surface area (Å²) in [6.07, 6.45) is 4.18. The van der Waals surface area contributed by atoms with E-state index in [1.54, 1.807) is 0 Å². The van der Waals surface area contributed by atoms with Crippen molar-refractivity contribution in [1.29, 1.82) is 0 Å². The van der Waals surface area contributed by atoms with E-state index in [4.69, 9.17) is 4.74 Å². The molecule has 4 nitrogen and oxygen atoms in total. The molecule has 0 bridgehead atoms. The van der Waals surface area contributed by atoms with E-state index < -0.39 is 0 Å². The molecule has 1 fully saturated rings. The van der Waals surface area contributed by atoms with Crippen LogP contribution in [0.15, 0.2) is 0 Å². The average Bonchev–Trinajstić information content (AvgIpc) is 2.46.